The first-order valence-corrected chi connectivity index (χ1v) is 4.15. The van der Waals surface area contributed by atoms with Gasteiger partial charge >= 0.3 is 6.03 Å². The van der Waals surface area contributed by atoms with E-state index in [1.165, 1.54) is 11.8 Å². The Bertz CT molecular complexity index is 166. The lowest BCUT2D eigenvalue weighted by molar-refractivity contribution is 0.234. The summed E-state index contributed by atoms with van der Waals surface area (Å²) in [6.45, 7) is 1.65. The van der Waals surface area contributed by atoms with Crippen molar-refractivity contribution in [1.29, 1.82) is 5.41 Å². The molecule has 0 aromatic heterocycles. The first-order valence-electron chi connectivity index (χ1n) is 2.92. The Morgan fingerprint density at radius 1 is 1.70 bits per heavy atom. The molecule has 0 atom stereocenters. The number of carbonyl (C=O) groups excluding carboxylic acids is 1. The molecule has 1 aliphatic heterocycles. The lowest BCUT2D eigenvalue weighted by Gasteiger charge is -2.02. The average molecular weight is 159 g/mol. The number of hydrogen-bond donors (Lipinski definition) is 2. The van der Waals surface area contributed by atoms with Crippen molar-refractivity contribution in [2.45, 2.75) is 0 Å². The zero-order chi connectivity index (χ0) is 7.56. The molecule has 4 nitrogen and oxygen atoms in total. The molecule has 0 saturated carbocycles. The van der Waals surface area contributed by atoms with Crippen molar-refractivity contribution in [2.24, 2.45) is 0 Å². The maximum Gasteiger partial charge on any atom is 0.323 e. The van der Waals surface area contributed by atoms with Gasteiger partial charge in [-0.25, -0.2) is 4.79 Å². The summed E-state index contributed by atoms with van der Waals surface area (Å²) < 4.78 is 0. The van der Waals surface area contributed by atoms with Gasteiger partial charge in [0.2, 0.25) is 0 Å². The first kappa shape index (κ1) is 7.40. The van der Waals surface area contributed by atoms with Gasteiger partial charge in [-0.3, -0.25) is 10.7 Å². The molecule has 0 aliphatic carbocycles. The van der Waals surface area contributed by atoms with E-state index in [0.717, 1.165) is 13.1 Å². The molecule has 1 rings (SSSR count). The summed E-state index contributed by atoms with van der Waals surface area (Å²) in [4.78, 5) is 12.5. The average Bonchev–Trinajstić information content (AvgIpc) is 2.68. The number of nitrogens with zero attached hydrogens (tertiary/aromatic N) is 1. The van der Waals surface area contributed by atoms with E-state index in [1.807, 2.05) is 0 Å². The lowest BCUT2D eigenvalue weighted by Crippen LogP contribution is -2.31. The van der Waals surface area contributed by atoms with Crippen LogP contribution in [0.2, 0.25) is 0 Å². The summed E-state index contributed by atoms with van der Waals surface area (Å²) in [5.74, 6) is 0. The Morgan fingerprint density at radius 2 is 2.30 bits per heavy atom. The molecule has 1 aliphatic rings. The lowest BCUT2D eigenvalue weighted by atomic mass is 10.9. The Hall–Kier alpha value is -0.710. The van der Waals surface area contributed by atoms with E-state index in [1.54, 1.807) is 11.2 Å². The van der Waals surface area contributed by atoms with Gasteiger partial charge in [0.15, 0.2) is 5.17 Å². The van der Waals surface area contributed by atoms with E-state index in [4.69, 9.17) is 5.41 Å². The number of carbonyl (C=O) groups is 1. The second-order valence-electron chi connectivity index (χ2n) is 1.95. The Balaban J connectivity index is 2.23. The van der Waals surface area contributed by atoms with Crippen LogP contribution in [0.4, 0.5) is 4.79 Å². The minimum Gasteiger partial charge on any atom is -0.321 e. The van der Waals surface area contributed by atoms with E-state index >= 15 is 0 Å². The van der Waals surface area contributed by atoms with Crippen molar-refractivity contribution in [3.8, 4) is 0 Å². The molecule has 5 heteroatoms. The van der Waals surface area contributed by atoms with E-state index in [9.17, 15) is 4.79 Å². The third-order valence-electron chi connectivity index (χ3n) is 1.16. The van der Waals surface area contributed by atoms with Gasteiger partial charge in [-0.05, 0) is 6.26 Å². The molecule has 1 fully saturated rings. The van der Waals surface area contributed by atoms with Crippen LogP contribution in [0.3, 0.4) is 0 Å². The van der Waals surface area contributed by atoms with E-state index in [0.29, 0.717) is 0 Å². The number of urea groups is 1. The number of hydrogen-bond acceptors (Lipinski definition) is 3. The zero-order valence-corrected chi connectivity index (χ0v) is 6.49. The Labute approximate surface area is 63.5 Å². The fourth-order valence-electron chi connectivity index (χ4n) is 0.480. The van der Waals surface area contributed by atoms with Crippen LogP contribution < -0.4 is 5.32 Å². The fourth-order valence-corrected chi connectivity index (χ4v) is 0.670. The summed E-state index contributed by atoms with van der Waals surface area (Å²) in [5.41, 5.74) is 0. The summed E-state index contributed by atoms with van der Waals surface area (Å²) in [6.07, 6.45) is 1.75. The third kappa shape index (κ3) is 1.91. The highest BCUT2D eigenvalue weighted by molar-refractivity contribution is 8.13. The van der Waals surface area contributed by atoms with Gasteiger partial charge in [0.1, 0.15) is 0 Å². The van der Waals surface area contributed by atoms with Crippen LogP contribution in [-0.2, 0) is 0 Å². The Kier molecular flexibility index (Phi) is 2.16. The Morgan fingerprint density at radius 3 is 2.70 bits per heavy atom. The molecule has 1 heterocycles. The van der Waals surface area contributed by atoms with Gasteiger partial charge in [0.25, 0.3) is 0 Å². The molecule has 0 radical (unpaired) electrons. The minimum atomic E-state index is -0.153. The van der Waals surface area contributed by atoms with Crippen molar-refractivity contribution in [3.63, 3.8) is 0 Å². The highest BCUT2D eigenvalue weighted by Gasteiger charge is 2.24. The molecule has 0 unspecified atom stereocenters. The highest BCUT2D eigenvalue weighted by Crippen LogP contribution is 2.03. The molecule has 2 amide bonds. The number of amidine groups is 1. The van der Waals surface area contributed by atoms with Crippen LogP contribution in [0.5, 0.6) is 0 Å². The first-order chi connectivity index (χ1) is 4.74. The van der Waals surface area contributed by atoms with Crippen LogP contribution in [0.15, 0.2) is 0 Å². The topological polar surface area (TPSA) is 56.0 Å². The van der Waals surface area contributed by atoms with E-state index in [-0.39, 0.29) is 11.2 Å². The standard InChI is InChI=1S/C5H9N3OS/c1-10-4(6)7-5(9)8-2-3-8/h2-3H2,1H3,(H2,6,7,9). The van der Waals surface area contributed by atoms with Crippen LogP contribution in [-0.4, -0.2) is 35.4 Å². The molecule has 0 spiro atoms. The predicted octanol–water partition coefficient (Wildman–Crippen LogP) is 0.309. The normalized spacial score (nSPS) is 14.7. The molecular formula is C5H9N3OS. The van der Waals surface area contributed by atoms with Crippen LogP contribution in [0.25, 0.3) is 0 Å². The van der Waals surface area contributed by atoms with Gasteiger partial charge in [-0.2, -0.15) is 0 Å². The zero-order valence-electron chi connectivity index (χ0n) is 5.68. The third-order valence-corrected chi connectivity index (χ3v) is 1.67. The predicted molar refractivity (Wildman–Crippen MR) is 41.3 cm³/mol. The summed E-state index contributed by atoms with van der Waals surface area (Å²) in [5, 5.41) is 9.72. The smallest absolute Gasteiger partial charge is 0.321 e. The van der Waals surface area contributed by atoms with Crippen molar-refractivity contribution in [1.82, 2.24) is 10.2 Å². The van der Waals surface area contributed by atoms with Crippen molar-refractivity contribution in [3.05, 3.63) is 0 Å². The van der Waals surface area contributed by atoms with Crippen molar-refractivity contribution in [2.75, 3.05) is 19.3 Å². The molecule has 56 valence electrons. The quantitative estimate of drug-likeness (QED) is 0.303. The van der Waals surface area contributed by atoms with Gasteiger partial charge in [0.05, 0.1) is 0 Å². The van der Waals surface area contributed by atoms with Crippen molar-refractivity contribution >= 4 is 23.0 Å². The molecular weight excluding hydrogens is 150 g/mol. The van der Waals surface area contributed by atoms with E-state index < -0.39 is 0 Å². The van der Waals surface area contributed by atoms with Gasteiger partial charge in [0, 0.05) is 13.1 Å². The molecule has 1 saturated heterocycles. The van der Waals surface area contributed by atoms with Crippen LogP contribution in [0, 0.1) is 5.41 Å². The van der Waals surface area contributed by atoms with Gasteiger partial charge < -0.3 is 4.90 Å². The van der Waals surface area contributed by atoms with Gasteiger partial charge in [-0.15, -0.1) is 0 Å². The van der Waals surface area contributed by atoms with Crippen LogP contribution in [0.1, 0.15) is 0 Å². The van der Waals surface area contributed by atoms with Crippen molar-refractivity contribution < 1.29 is 4.79 Å². The highest BCUT2D eigenvalue weighted by atomic mass is 32.2. The number of nitrogens with one attached hydrogen (secondary N) is 2. The second-order valence-corrected chi connectivity index (χ2v) is 2.77. The number of rotatable bonds is 0. The second kappa shape index (κ2) is 2.92. The SMILES string of the molecule is CSC(=N)NC(=O)N1CC1. The number of amides is 2. The minimum absolute atomic E-state index is 0.153. The summed E-state index contributed by atoms with van der Waals surface area (Å²) in [7, 11) is 0. The summed E-state index contributed by atoms with van der Waals surface area (Å²) >= 11 is 1.22. The maximum atomic E-state index is 10.8. The monoisotopic (exact) mass is 159 g/mol. The van der Waals surface area contributed by atoms with E-state index in [2.05, 4.69) is 5.32 Å². The summed E-state index contributed by atoms with van der Waals surface area (Å²) in [6, 6.07) is -0.153. The molecule has 0 aromatic carbocycles. The number of thioether (sulfide) groups is 1. The van der Waals surface area contributed by atoms with Gasteiger partial charge in [-0.1, -0.05) is 11.8 Å². The molecule has 0 aromatic rings. The maximum absolute atomic E-state index is 10.8. The molecule has 2 N–H and O–H groups in total. The molecule has 0 bridgehead atoms. The fraction of sp³-hybridized carbons (Fsp3) is 0.600. The van der Waals surface area contributed by atoms with Crippen LogP contribution >= 0.6 is 11.8 Å². The largest absolute Gasteiger partial charge is 0.323 e. The molecule has 10 heavy (non-hydrogen) atoms.